The highest BCUT2D eigenvalue weighted by Crippen LogP contribution is 2.39. The molecule has 0 aliphatic carbocycles. The molecule has 0 spiro atoms. The molecule has 0 aromatic heterocycles. The van der Waals surface area contributed by atoms with E-state index in [0.29, 0.717) is 15.6 Å². The molecule has 9 heteroatoms. The number of hydrogen-bond acceptors (Lipinski definition) is 4. The SMILES string of the molecule is CC1N=C(C2O[C]=NC2c2ccc(F)c(F)c2F)OC1c1cc(Cl)ccc1Cl. The number of nitrogens with zero attached hydrogens (tertiary/aromatic N) is 2. The molecule has 0 N–H and O–H groups in total. The minimum Gasteiger partial charge on any atom is -0.468 e. The van der Waals surface area contributed by atoms with Crippen LogP contribution in [0.5, 0.6) is 0 Å². The van der Waals surface area contributed by atoms with Crippen LogP contribution in [0, 0.1) is 17.5 Å². The van der Waals surface area contributed by atoms with Crippen molar-refractivity contribution in [1.29, 1.82) is 0 Å². The highest BCUT2D eigenvalue weighted by Gasteiger charge is 2.42. The van der Waals surface area contributed by atoms with Crippen LogP contribution < -0.4 is 0 Å². The first-order valence-electron chi connectivity index (χ1n) is 8.30. The quantitative estimate of drug-likeness (QED) is 0.622. The average Bonchev–Trinajstić information content (AvgIpc) is 3.28. The molecule has 4 nitrogen and oxygen atoms in total. The van der Waals surface area contributed by atoms with Crippen molar-refractivity contribution in [2.45, 2.75) is 31.2 Å². The first kappa shape index (κ1) is 19.1. The second kappa shape index (κ2) is 7.29. The molecule has 2 aromatic rings. The largest absolute Gasteiger partial charge is 0.468 e. The molecule has 0 bridgehead atoms. The van der Waals surface area contributed by atoms with Crippen LogP contribution in [0.2, 0.25) is 10.0 Å². The molecule has 4 atom stereocenters. The van der Waals surface area contributed by atoms with Crippen LogP contribution in [-0.2, 0) is 9.47 Å². The fraction of sp³-hybridized carbons (Fsp3) is 0.263. The Bertz CT molecular complexity index is 999. The Morgan fingerprint density at radius 1 is 1.00 bits per heavy atom. The minimum absolute atomic E-state index is 0.136. The number of benzene rings is 2. The second-order valence-corrected chi connectivity index (χ2v) is 7.22. The molecule has 4 unspecified atom stereocenters. The number of halogens is 5. The van der Waals surface area contributed by atoms with Crippen molar-refractivity contribution in [2.75, 3.05) is 0 Å². The van der Waals surface area contributed by atoms with Gasteiger partial charge in [-0.1, -0.05) is 29.3 Å². The Morgan fingerprint density at radius 3 is 2.57 bits per heavy atom. The molecule has 0 saturated heterocycles. The molecule has 1 radical (unpaired) electrons. The summed E-state index contributed by atoms with van der Waals surface area (Å²) in [7, 11) is 0. The van der Waals surface area contributed by atoms with E-state index in [1.165, 1.54) is 0 Å². The van der Waals surface area contributed by atoms with Crippen molar-refractivity contribution < 1.29 is 22.6 Å². The molecule has 2 heterocycles. The van der Waals surface area contributed by atoms with E-state index in [2.05, 4.69) is 16.4 Å². The van der Waals surface area contributed by atoms with Gasteiger partial charge < -0.3 is 9.47 Å². The number of rotatable bonds is 3. The summed E-state index contributed by atoms with van der Waals surface area (Å²) in [5.74, 6) is -4.07. The monoisotopic (exact) mass is 427 g/mol. The number of aliphatic imine (C=N–C) groups is 2. The lowest BCUT2D eigenvalue weighted by Gasteiger charge is -2.20. The van der Waals surface area contributed by atoms with Gasteiger partial charge in [0.2, 0.25) is 12.0 Å². The Balaban J connectivity index is 1.62. The molecular formula is C19H12Cl2F3N2O2. The molecule has 28 heavy (non-hydrogen) atoms. The summed E-state index contributed by atoms with van der Waals surface area (Å²) in [6.07, 6.45) is 0.774. The first-order chi connectivity index (χ1) is 13.4. The van der Waals surface area contributed by atoms with Crippen LogP contribution in [0.15, 0.2) is 40.3 Å². The van der Waals surface area contributed by atoms with Gasteiger partial charge in [-0.15, -0.1) is 0 Å². The fourth-order valence-electron chi connectivity index (χ4n) is 3.19. The molecule has 0 saturated carbocycles. The summed E-state index contributed by atoms with van der Waals surface area (Å²) in [6, 6.07) is 5.55. The van der Waals surface area contributed by atoms with Crippen LogP contribution in [0.1, 0.15) is 30.2 Å². The Hall–Kier alpha value is -2.25. The molecule has 145 valence electrons. The maximum atomic E-state index is 14.2. The normalized spacial score (nSPS) is 26.1. The van der Waals surface area contributed by atoms with Gasteiger partial charge in [0.25, 0.3) is 6.40 Å². The third kappa shape index (κ3) is 3.22. The van der Waals surface area contributed by atoms with Gasteiger partial charge in [0.05, 0.1) is 6.04 Å². The van der Waals surface area contributed by atoms with Gasteiger partial charge in [-0.25, -0.2) is 23.2 Å². The summed E-state index contributed by atoms with van der Waals surface area (Å²) >= 11 is 12.3. The van der Waals surface area contributed by atoms with Crippen LogP contribution in [0.3, 0.4) is 0 Å². The van der Waals surface area contributed by atoms with Crippen LogP contribution in [-0.4, -0.2) is 24.4 Å². The lowest BCUT2D eigenvalue weighted by atomic mass is 10.0. The zero-order chi connectivity index (χ0) is 20.0. The van der Waals surface area contributed by atoms with E-state index in [-0.39, 0.29) is 17.5 Å². The second-order valence-electron chi connectivity index (χ2n) is 6.38. The summed E-state index contributed by atoms with van der Waals surface area (Å²) < 4.78 is 52.3. The van der Waals surface area contributed by atoms with Crippen molar-refractivity contribution in [3.8, 4) is 0 Å². The van der Waals surface area contributed by atoms with E-state index >= 15 is 0 Å². The van der Waals surface area contributed by atoms with Crippen molar-refractivity contribution in [1.82, 2.24) is 0 Å². The molecular weight excluding hydrogens is 416 g/mol. The van der Waals surface area contributed by atoms with Crippen molar-refractivity contribution in [3.05, 3.63) is 69.0 Å². The van der Waals surface area contributed by atoms with Crippen molar-refractivity contribution in [3.63, 3.8) is 0 Å². The Morgan fingerprint density at radius 2 is 1.79 bits per heavy atom. The highest BCUT2D eigenvalue weighted by atomic mass is 35.5. The van der Waals surface area contributed by atoms with E-state index in [4.69, 9.17) is 32.7 Å². The maximum absolute atomic E-state index is 14.2. The standard InChI is InChI=1S/C19H12Cl2F3N2O2/c1-8-17(11-6-9(20)2-4-12(11)21)28-19(26-8)18-16(25-7-27-18)10-3-5-13(22)15(24)14(10)23/h2-6,8,16-18H,1H3. The number of hydrogen-bond donors (Lipinski definition) is 0. The highest BCUT2D eigenvalue weighted by molar-refractivity contribution is 6.33. The van der Waals surface area contributed by atoms with Gasteiger partial charge in [-0.2, -0.15) is 0 Å². The van der Waals surface area contributed by atoms with Gasteiger partial charge in [-0.05, 0) is 31.2 Å². The van der Waals surface area contributed by atoms with Crippen LogP contribution >= 0.6 is 23.2 Å². The summed E-state index contributed by atoms with van der Waals surface area (Å²) in [6.45, 7) is 1.81. The zero-order valence-electron chi connectivity index (χ0n) is 14.3. The van der Waals surface area contributed by atoms with Gasteiger partial charge in [0.15, 0.2) is 17.5 Å². The summed E-state index contributed by atoms with van der Waals surface area (Å²) in [4.78, 5) is 8.33. The predicted octanol–water partition coefficient (Wildman–Crippen LogP) is 5.31. The van der Waals surface area contributed by atoms with E-state index in [0.717, 1.165) is 12.1 Å². The Labute approximate surface area is 168 Å². The fourth-order valence-corrected chi connectivity index (χ4v) is 3.59. The molecule has 2 aliphatic heterocycles. The van der Waals surface area contributed by atoms with Crippen LogP contribution in [0.25, 0.3) is 0 Å². The van der Waals surface area contributed by atoms with Gasteiger partial charge in [0.1, 0.15) is 12.1 Å². The number of ether oxygens (including phenoxy) is 2. The smallest absolute Gasteiger partial charge is 0.274 e. The topological polar surface area (TPSA) is 43.2 Å². The maximum Gasteiger partial charge on any atom is 0.274 e. The molecule has 2 aliphatic rings. The predicted molar refractivity (Wildman–Crippen MR) is 98.5 cm³/mol. The third-order valence-electron chi connectivity index (χ3n) is 4.57. The molecule has 0 fully saturated rings. The summed E-state index contributed by atoms with van der Waals surface area (Å²) in [5, 5.41) is 0.940. The molecule has 4 rings (SSSR count). The van der Waals surface area contributed by atoms with E-state index < -0.39 is 35.7 Å². The molecule has 0 amide bonds. The summed E-state index contributed by atoms with van der Waals surface area (Å²) in [5.41, 5.74) is 0.455. The van der Waals surface area contributed by atoms with Gasteiger partial charge >= 0.3 is 0 Å². The van der Waals surface area contributed by atoms with Crippen LogP contribution in [0.4, 0.5) is 13.2 Å². The van der Waals surface area contributed by atoms with Crippen molar-refractivity contribution >= 4 is 35.5 Å². The third-order valence-corrected chi connectivity index (χ3v) is 5.15. The lowest BCUT2D eigenvalue weighted by Crippen LogP contribution is -2.28. The Kier molecular flexibility index (Phi) is 4.97. The minimum atomic E-state index is -1.58. The van der Waals surface area contributed by atoms with E-state index in [1.54, 1.807) is 18.2 Å². The zero-order valence-corrected chi connectivity index (χ0v) is 15.8. The molecule has 2 aromatic carbocycles. The van der Waals surface area contributed by atoms with Crippen molar-refractivity contribution in [2.24, 2.45) is 9.98 Å². The average molecular weight is 428 g/mol. The van der Waals surface area contributed by atoms with E-state index in [9.17, 15) is 13.2 Å². The van der Waals surface area contributed by atoms with E-state index in [1.807, 2.05) is 6.92 Å². The lowest BCUT2D eigenvalue weighted by molar-refractivity contribution is 0.159. The van der Waals surface area contributed by atoms with Gasteiger partial charge in [0, 0.05) is 21.2 Å². The van der Waals surface area contributed by atoms with Gasteiger partial charge in [-0.3, -0.25) is 0 Å². The first-order valence-corrected chi connectivity index (χ1v) is 9.05.